The third-order valence-corrected chi connectivity index (χ3v) is 3.29. The van der Waals surface area contributed by atoms with Gasteiger partial charge in [0.2, 0.25) is 5.91 Å². The number of carbonyl (C=O) groups is 2. The summed E-state index contributed by atoms with van der Waals surface area (Å²) >= 11 is 0. The fourth-order valence-electron chi connectivity index (χ4n) is 2.20. The molecule has 2 aromatic rings. The topological polar surface area (TPSA) is 73.2 Å². The molecule has 0 aliphatic heterocycles. The minimum atomic E-state index is -0.332. The number of hydrogen-bond acceptors (Lipinski definition) is 4. The van der Waals surface area contributed by atoms with Crippen LogP contribution in [0.15, 0.2) is 30.3 Å². The third kappa shape index (κ3) is 4.95. The van der Waals surface area contributed by atoms with Crippen LogP contribution in [-0.4, -0.2) is 28.2 Å². The van der Waals surface area contributed by atoms with Gasteiger partial charge < -0.3 is 10.1 Å². The van der Waals surface area contributed by atoms with E-state index in [0.29, 0.717) is 6.54 Å². The van der Waals surface area contributed by atoms with E-state index in [1.54, 1.807) is 0 Å². The summed E-state index contributed by atoms with van der Waals surface area (Å²) in [5.41, 5.74) is 3.92. The second-order valence-corrected chi connectivity index (χ2v) is 5.40. The summed E-state index contributed by atoms with van der Waals surface area (Å²) < 4.78 is 7.04. The van der Waals surface area contributed by atoms with Gasteiger partial charge in [-0.2, -0.15) is 5.10 Å². The number of carbonyl (C=O) groups excluding carboxylic acids is 2. The van der Waals surface area contributed by atoms with Gasteiger partial charge in [0.1, 0.15) is 6.61 Å². The average molecular weight is 315 g/mol. The van der Waals surface area contributed by atoms with Crippen LogP contribution in [0.1, 0.15) is 30.3 Å². The Morgan fingerprint density at radius 3 is 2.48 bits per heavy atom. The quantitative estimate of drug-likeness (QED) is 0.828. The zero-order valence-electron chi connectivity index (χ0n) is 13.6. The van der Waals surface area contributed by atoms with Crippen molar-refractivity contribution in [2.45, 2.75) is 33.8 Å². The second kappa shape index (κ2) is 7.58. The summed E-state index contributed by atoms with van der Waals surface area (Å²) in [7, 11) is 0. The Kier molecular flexibility index (Phi) is 5.51. The highest BCUT2D eigenvalue weighted by molar-refractivity contribution is 5.74. The Balaban J connectivity index is 1.87. The summed E-state index contributed by atoms with van der Waals surface area (Å²) in [4.78, 5) is 22.3. The van der Waals surface area contributed by atoms with Crippen LogP contribution < -0.4 is 5.32 Å². The van der Waals surface area contributed by atoms with Gasteiger partial charge in [-0.15, -0.1) is 0 Å². The van der Waals surface area contributed by atoms with Gasteiger partial charge in [0.25, 0.3) is 0 Å². The van der Waals surface area contributed by atoms with Crippen molar-refractivity contribution >= 4 is 11.9 Å². The van der Waals surface area contributed by atoms with E-state index in [2.05, 4.69) is 10.4 Å². The van der Waals surface area contributed by atoms with E-state index in [-0.39, 0.29) is 24.9 Å². The Morgan fingerprint density at radius 2 is 1.91 bits per heavy atom. The van der Waals surface area contributed by atoms with Crippen molar-refractivity contribution in [3.05, 3.63) is 47.3 Å². The lowest BCUT2D eigenvalue weighted by Crippen LogP contribution is -2.23. The Morgan fingerprint density at radius 1 is 1.22 bits per heavy atom. The molecular formula is C17H21N3O3. The van der Waals surface area contributed by atoms with E-state index in [4.69, 9.17) is 4.74 Å². The normalized spacial score (nSPS) is 10.4. The van der Waals surface area contributed by atoms with Crippen LogP contribution >= 0.6 is 0 Å². The fraction of sp³-hybridized carbons (Fsp3) is 0.353. The number of aromatic nitrogens is 2. The molecule has 6 heteroatoms. The maximum Gasteiger partial charge on any atom is 0.307 e. The molecule has 122 valence electrons. The smallest absolute Gasteiger partial charge is 0.307 e. The van der Waals surface area contributed by atoms with Crippen molar-refractivity contribution < 1.29 is 14.3 Å². The first-order valence-electron chi connectivity index (χ1n) is 7.48. The van der Waals surface area contributed by atoms with Gasteiger partial charge in [-0.25, -0.2) is 4.68 Å². The van der Waals surface area contributed by atoms with Gasteiger partial charge in [0.15, 0.2) is 0 Å². The number of amides is 1. The van der Waals surface area contributed by atoms with E-state index in [1.807, 2.05) is 48.9 Å². The minimum Gasteiger partial charge on any atom is -0.461 e. The molecule has 1 heterocycles. The molecule has 0 bridgehead atoms. The van der Waals surface area contributed by atoms with Gasteiger partial charge in [-0.1, -0.05) is 12.1 Å². The molecule has 23 heavy (non-hydrogen) atoms. The van der Waals surface area contributed by atoms with Crippen molar-refractivity contribution in [3.8, 4) is 5.69 Å². The van der Waals surface area contributed by atoms with Gasteiger partial charge in [0, 0.05) is 19.2 Å². The first-order valence-corrected chi connectivity index (χ1v) is 7.48. The van der Waals surface area contributed by atoms with Gasteiger partial charge in [-0.3, -0.25) is 9.59 Å². The number of ether oxygens (including phenoxy) is 1. The maximum absolute atomic E-state index is 11.5. The number of hydrogen-bond donors (Lipinski definition) is 1. The van der Waals surface area contributed by atoms with Crippen LogP contribution in [0.4, 0.5) is 0 Å². The van der Waals surface area contributed by atoms with E-state index in [0.717, 1.165) is 22.6 Å². The SMILES string of the molecule is CC(=O)NCCC(=O)OCc1ccc(-n2nc(C)cc2C)cc1. The molecule has 0 saturated heterocycles. The molecule has 0 fully saturated rings. The van der Waals surface area contributed by atoms with E-state index < -0.39 is 0 Å². The van der Waals surface area contributed by atoms with Crippen molar-refractivity contribution in [1.29, 1.82) is 0 Å². The van der Waals surface area contributed by atoms with Crippen LogP contribution in [0.3, 0.4) is 0 Å². The van der Waals surface area contributed by atoms with Crippen molar-refractivity contribution in [1.82, 2.24) is 15.1 Å². The largest absolute Gasteiger partial charge is 0.461 e. The zero-order valence-corrected chi connectivity index (χ0v) is 13.6. The summed E-state index contributed by atoms with van der Waals surface area (Å²) in [6, 6.07) is 9.73. The van der Waals surface area contributed by atoms with E-state index in [9.17, 15) is 9.59 Å². The molecule has 0 atom stereocenters. The predicted octanol–water partition coefficient (Wildman–Crippen LogP) is 2.06. The number of nitrogens with one attached hydrogen (secondary N) is 1. The number of esters is 1. The van der Waals surface area contributed by atoms with Crippen molar-refractivity contribution in [2.75, 3.05) is 6.54 Å². The summed E-state index contributed by atoms with van der Waals surface area (Å²) in [6.45, 7) is 5.89. The van der Waals surface area contributed by atoms with Crippen LogP contribution in [0.25, 0.3) is 5.69 Å². The molecule has 1 amide bonds. The standard InChI is InChI=1S/C17H21N3O3/c1-12-10-13(2)20(19-12)16-6-4-15(5-7-16)11-23-17(22)8-9-18-14(3)21/h4-7,10H,8-9,11H2,1-3H3,(H,18,21). The van der Waals surface area contributed by atoms with E-state index in [1.165, 1.54) is 6.92 Å². The highest BCUT2D eigenvalue weighted by Crippen LogP contribution is 2.13. The fourth-order valence-corrected chi connectivity index (χ4v) is 2.20. The average Bonchev–Trinajstić information content (AvgIpc) is 2.84. The van der Waals surface area contributed by atoms with Crippen molar-refractivity contribution in [3.63, 3.8) is 0 Å². The van der Waals surface area contributed by atoms with Crippen molar-refractivity contribution in [2.24, 2.45) is 0 Å². The molecule has 0 radical (unpaired) electrons. The lowest BCUT2D eigenvalue weighted by Gasteiger charge is -2.08. The molecule has 0 aliphatic rings. The Hall–Kier alpha value is -2.63. The molecule has 1 N–H and O–H groups in total. The molecule has 0 saturated carbocycles. The molecule has 0 aliphatic carbocycles. The second-order valence-electron chi connectivity index (χ2n) is 5.40. The highest BCUT2D eigenvalue weighted by atomic mass is 16.5. The van der Waals surface area contributed by atoms with Gasteiger partial charge in [-0.05, 0) is 37.6 Å². The highest BCUT2D eigenvalue weighted by Gasteiger charge is 2.06. The zero-order chi connectivity index (χ0) is 16.8. The molecule has 1 aromatic heterocycles. The number of benzene rings is 1. The maximum atomic E-state index is 11.5. The molecule has 6 nitrogen and oxygen atoms in total. The Labute approximate surface area is 135 Å². The minimum absolute atomic E-state index is 0.155. The molecular weight excluding hydrogens is 294 g/mol. The van der Waals surface area contributed by atoms with E-state index >= 15 is 0 Å². The molecule has 1 aromatic carbocycles. The lowest BCUT2D eigenvalue weighted by atomic mass is 10.2. The molecule has 2 rings (SSSR count). The number of rotatable bonds is 6. The first kappa shape index (κ1) is 16.7. The summed E-state index contributed by atoms with van der Waals surface area (Å²) in [6.07, 6.45) is 0.170. The Bertz CT molecular complexity index is 690. The van der Waals surface area contributed by atoms with Crippen LogP contribution in [0.2, 0.25) is 0 Å². The third-order valence-electron chi connectivity index (χ3n) is 3.29. The lowest BCUT2D eigenvalue weighted by molar-refractivity contribution is -0.144. The number of aryl methyl sites for hydroxylation is 2. The molecule has 0 unspecified atom stereocenters. The van der Waals surface area contributed by atoms with Crippen LogP contribution in [-0.2, 0) is 20.9 Å². The predicted molar refractivity (Wildman–Crippen MR) is 86.1 cm³/mol. The van der Waals surface area contributed by atoms with Gasteiger partial charge >= 0.3 is 5.97 Å². The number of nitrogens with zero attached hydrogens (tertiary/aromatic N) is 2. The van der Waals surface area contributed by atoms with Crippen LogP contribution in [0.5, 0.6) is 0 Å². The monoisotopic (exact) mass is 315 g/mol. The van der Waals surface area contributed by atoms with Crippen LogP contribution in [0, 0.1) is 13.8 Å². The molecule has 0 spiro atoms. The summed E-state index contributed by atoms with van der Waals surface area (Å²) in [5, 5.41) is 6.99. The first-order chi connectivity index (χ1) is 11.0. The van der Waals surface area contributed by atoms with Gasteiger partial charge in [0.05, 0.1) is 17.8 Å². The summed E-state index contributed by atoms with van der Waals surface area (Å²) in [5.74, 6) is -0.487.